The molecule has 0 amide bonds. The minimum absolute atomic E-state index is 0.0149. The first-order chi connectivity index (χ1) is 7.99. The SMILES string of the molecule is Cc1ccc([S@@](=O)[C@@]23O[C@]2(C)CCC3=O)cc1. The molecule has 90 valence electrons. The van der Waals surface area contributed by atoms with E-state index in [1.54, 1.807) is 0 Å². The molecule has 1 saturated heterocycles. The van der Waals surface area contributed by atoms with Gasteiger partial charge in [0.15, 0.2) is 5.78 Å². The molecule has 1 aromatic carbocycles. The van der Waals surface area contributed by atoms with E-state index >= 15 is 0 Å². The highest BCUT2D eigenvalue weighted by Crippen LogP contribution is 2.60. The van der Waals surface area contributed by atoms with Crippen molar-refractivity contribution in [3.8, 4) is 0 Å². The molecule has 0 aromatic heterocycles. The van der Waals surface area contributed by atoms with Crippen LogP contribution in [0, 0.1) is 6.92 Å². The molecule has 1 heterocycles. The molecular formula is C13H14O3S. The molecule has 0 unspecified atom stereocenters. The lowest BCUT2D eigenvalue weighted by Crippen LogP contribution is -2.30. The van der Waals surface area contributed by atoms with E-state index in [1.165, 1.54) is 0 Å². The number of ether oxygens (including phenoxy) is 1. The van der Waals surface area contributed by atoms with Crippen molar-refractivity contribution < 1.29 is 13.7 Å². The van der Waals surface area contributed by atoms with Crippen molar-refractivity contribution in [1.29, 1.82) is 0 Å². The van der Waals surface area contributed by atoms with E-state index in [9.17, 15) is 9.00 Å². The number of hydrogen-bond acceptors (Lipinski definition) is 3. The van der Waals surface area contributed by atoms with Crippen LogP contribution in [0.5, 0.6) is 0 Å². The number of ketones is 1. The first-order valence-electron chi connectivity index (χ1n) is 5.72. The summed E-state index contributed by atoms with van der Waals surface area (Å²) < 4.78 is 18.0. The number of rotatable bonds is 2. The molecular weight excluding hydrogens is 236 g/mol. The normalized spacial score (nSPS) is 36.7. The van der Waals surface area contributed by atoms with Crippen molar-refractivity contribution in [2.24, 2.45) is 0 Å². The predicted molar refractivity (Wildman–Crippen MR) is 64.0 cm³/mol. The monoisotopic (exact) mass is 250 g/mol. The molecule has 2 fully saturated rings. The molecule has 0 bridgehead atoms. The topological polar surface area (TPSA) is 46.7 Å². The molecule has 3 nitrogen and oxygen atoms in total. The number of benzene rings is 1. The number of epoxide rings is 1. The Hall–Kier alpha value is -1.00. The third-order valence-corrected chi connectivity index (χ3v) is 5.68. The van der Waals surface area contributed by atoms with Crippen LogP contribution in [0.1, 0.15) is 25.3 Å². The van der Waals surface area contributed by atoms with Crippen LogP contribution in [0.2, 0.25) is 0 Å². The van der Waals surface area contributed by atoms with Gasteiger partial charge in [0.25, 0.3) is 0 Å². The summed E-state index contributed by atoms with van der Waals surface area (Å²) in [5.74, 6) is -0.0149. The number of Topliss-reactive ketones (excluding diaryl/α,β-unsaturated/α-hetero) is 1. The van der Waals surface area contributed by atoms with Crippen LogP contribution in [0.4, 0.5) is 0 Å². The second-order valence-corrected chi connectivity index (χ2v) is 6.54. The summed E-state index contributed by atoms with van der Waals surface area (Å²) in [6, 6.07) is 7.44. The smallest absolute Gasteiger partial charge is 0.235 e. The van der Waals surface area contributed by atoms with Gasteiger partial charge in [-0.2, -0.15) is 0 Å². The molecule has 0 N–H and O–H groups in total. The molecule has 2 aliphatic rings. The maximum absolute atomic E-state index is 12.5. The number of carbonyl (C=O) groups is 1. The molecule has 0 radical (unpaired) electrons. The van der Waals surface area contributed by atoms with E-state index in [1.807, 2.05) is 38.1 Å². The van der Waals surface area contributed by atoms with Gasteiger partial charge in [-0.15, -0.1) is 0 Å². The summed E-state index contributed by atoms with van der Waals surface area (Å²) in [7, 11) is -1.40. The molecule has 17 heavy (non-hydrogen) atoms. The Bertz CT molecular complexity index is 522. The third-order valence-electron chi connectivity index (χ3n) is 3.72. The number of hydrogen-bond donors (Lipinski definition) is 0. The van der Waals surface area contributed by atoms with Crippen LogP contribution >= 0.6 is 0 Å². The zero-order valence-corrected chi connectivity index (χ0v) is 10.7. The van der Waals surface area contributed by atoms with E-state index in [2.05, 4.69) is 0 Å². The Morgan fingerprint density at radius 3 is 2.41 bits per heavy atom. The maximum atomic E-state index is 12.5. The Morgan fingerprint density at radius 2 is 1.94 bits per heavy atom. The Labute approximate surface area is 103 Å². The first-order valence-corrected chi connectivity index (χ1v) is 6.87. The van der Waals surface area contributed by atoms with E-state index in [0.717, 1.165) is 5.56 Å². The minimum atomic E-state index is -1.40. The molecule has 1 aliphatic heterocycles. The second kappa shape index (κ2) is 3.27. The zero-order chi connectivity index (χ0) is 12.3. The summed E-state index contributed by atoms with van der Waals surface area (Å²) in [4.78, 5) is 11.5. The molecule has 1 aliphatic carbocycles. The zero-order valence-electron chi connectivity index (χ0n) is 9.86. The number of fused-ring (bicyclic) bond motifs is 1. The van der Waals surface area contributed by atoms with Crippen molar-refractivity contribution in [3.63, 3.8) is 0 Å². The molecule has 1 aromatic rings. The molecule has 3 atom stereocenters. The fourth-order valence-electron chi connectivity index (χ4n) is 2.54. The van der Waals surface area contributed by atoms with Gasteiger partial charge in [-0.05, 0) is 32.4 Å². The molecule has 0 spiro atoms. The van der Waals surface area contributed by atoms with E-state index < -0.39 is 21.3 Å². The largest absolute Gasteiger partial charge is 0.341 e. The second-order valence-electron chi connectivity index (χ2n) is 4.95. The van der Waals surface area contributed by atoms with Gasteiger partial charge in [0, 0.05) is 11.3 Å². The maximum Gasteiger partial charge on any atom is 0.235 e. The minimum Gasteiger partial charge on any atom is -0.341 e. The summed E-state index contributed by atoms with van der Waals surface area (Å²) in [6.45, 7) is 3.85. The number of aryl methyl sites for hydroxylation is 1. The van der Waals surface area contributed by atoms with Crippen molar-refractivity contribution in [3.05, 3.63) is 29.8 Å². The summed E-state index contributed by atoms with van der Waals surface area (Å²) >= 11 is 0. The molecule has 4 heteroatoms. The van der Waals surface area contributed by atoms with Gasteiger partial charge in [-0.25, -0.2) is 0 Å². The fourth-order valence-corrected chi connectivity index (χ4v) is 4.32. The van der Waals surface area contributed by atoms with Crippen molar-refractivity contribution in [2.75, 3.05) is 0 Å². The molecule has 3 rings (SSSR count). The van der Waals surface area contributed by atoms with Gasteiger partial charge in [-0.3, -0.25) is 9.00 Å². The highest BCUT2D eigenvalue weighted by atomic mass is 32.2. The van der Waals surface area contributed by atoms with Crippen molar-refractivity contribution in [2.45, 2.75) is 42.1 Å². The Morgan fingerprint density at radius 1 is 1.29 bits per heavy atom. The average Bonchev–Trinajstić information content (AvgIpc) is 2.87. The standard InChI is InChI=1S/C13H14O3S/c1-9-3-5-10(6-4-9)17(15)13-11(14)7-8-12(13,2)16-13/h3-6H,7-8H2,1-2H3/t12-,13-,17-/m1/s1. The summed E-state index contributed by atoms with van der Waals surface area (Å²) in [6.07, 6.45) is 1.16. The summed E-state index contributed by atoms with van der Waals surface area (Å²) in [5, 5.41) is 0. The Balaban J connectivity index is 1.99. The van der Waals surface area contributed by atoms with Gasteiger partial charge in [0.1, 0.15) is 5.60 Å². The average molecular weight is 250 g/mol. The predicted octanol–water partition coefficient (Wildman–Crippen LogP) is 1.95. The van der Waals surface area contributed by atoms with E-state index in [0.29, 0.717) is 17.7 Å². The van der Waals surface area contributed by atoms with Crippen molar-refractivity contribution >= 4 is 16.6 Å². The van der Waals surface area contributed by atoms with Crippen LogP contribution in [0.3, 0.4) is 0 Å². The lowest BCUT2D eigenvalue weighted by atomic mass is 10.1. The number of carbonyl (C=O) groups excluding carboxylic acids is 1. The highest BCUT2D eigenvalue weighted by molar-refractivity contribution is 7.87. The van der Waals surface area contributed by atoms with Gasteiger partial charge in [0.05, 0.1) is 10.8 Å². The van der Waals surface area contributed by atoms with Crippen LogP contribution < -0.4 is 0 Å². The third kappa shape index (κ3) is 1.31. The van der Waals surface area contributed by atoms with E-state index in [-0.39, 0.29) is 5.78 Å². The van der Waals surface area contributed by atoms with Gasteiger partial charge >= 0.3 is 0 Å². The quantitative estimate of drug-likeness (QED) is 0.754. The van der Waals surface area contributed by atoms with E-state index in [4.69, 9.17) is 4.74 Å². The lowest BCUT2D eigenvalue weighted by Gasteiger charge is -2.08. The first kappa shape index (κ1) is 11.1. The summed E-state index contributed by atoms with van der Waals surface area (Å²) in [5.41, 5.74) is 0.611. The van der Waals surface area contributed by atoms with Crippen LogP contribution in [0.15, 0.2) is 29.2 Å². The molecule has 1 saturated carbocycles. The highest BCUT2D eigenvalue weighted by Gasteiger charge is 2.78. The van der Waals surface area contributed by atoms with Crippen LogP contribution in [0.25, 0.3) is 0 Å². The van der Waals surface area contributed by atoms with Crippen LogP contribution in [-0.4, -0.2) is 20.5 Å². The van der Waals surface area contributed by atoms with Gasteiger partial charge in [0.2, 0.25) is 4.93 Å². The van der Waals surface area contributed by atoms with Crippen molar-refractivity contribution in [1.82, 2.24) is 0 Å². The van der Waals surface area contributed by atoms with Gasteiger partial charge in [-0.1, -0.05) is 17.7 Å². The Kier molecular flexibility index (Phi) is 2.14. The lowest BCUT2D eigenvalue weighted by molar-refractivity contribution is -0.121. The van der Waals surface area contributed by atoms with Gasteiger partial charge < -0.3 is 4.74 Å². The van der Waals surface area contributed by atoms with Crippen LogP contribution in [-0.2, 0) is 20.3 Å². The fraction of sp³-hybridized carbons (Fsp3) is 0.462.